The van der Waals surface area contributed by atoms with Crippen LogP contribution in [0.4, 0.5) is 14.6 Å². The van der Waals surface area contributed by atoms with Crippen LogP contribution in [0.1, 0.15) is 29.7 Å². The fourth-order valence-corrected chi connectivity index (χ4v) is 3.14. The maximum atomic E-state index is 14.9. The van der Waals surface area contributed by atoms with Crippen molar-refractivity contribution in [3.8, 4) is 11.3 Å². The highest BCUT2D eigenvalue weighted by Crippen LogP contribution is 2.29. The molecule has 0 aliphatic heterocycles. The maximum absolute atomic E-state index is 14.9. The second-order valence-corrected chi connectivity index (χ2v) is 6.97. The van der Waals surface area contributed by atoms with Gasteiger partial charge in [-0.05, 0) is 36.8 Å². The van der Waals surface area contributed by atoms with E-state index >= 15 is 0 Å². The monoisotopic (exact) mass is 475 g/mol. The maximum Gasteiger partial charge on any atom is 0.254 e. The molecule has 0 saturated heterocycles. The van der Waals surface area contributed by atoms with Gasteiger partial charge in [-0.15, -0.1) is 12.4 Å². The number of nitrogens with one attached hydrogen (secondary N) is 2. The van der Waals surface area contributed by atoms with E-state index < -0.39 is 29.2 Å². The van der Waals surface area contributed by atoms with Crippen molar-refractivity contribution in [1.29, 1.82) is 5.41 Å². The minimum atomic E-state index is -1.47. The van der Waals surface area contributed by atoms with Crippen LogP contribution in [-0.4, -0.2) is 23.3 Å². The first-order chi connectivity index (χ1) is 15.3. The first kappa shape index (κ1) is 25.7. The smallest absolute Gasteiger partial charge is 0.254 e. The molecule has 0 aliphatic carbocycles. The topological polar surface area (TPSA) is 127 Å². The van der Waals surface area contributed by atoms with Gasteiger partial charge in [-0.25, -0.2) is 13.8 Å². The van der Waals surface area contributed by atoms with Crippen molar-refractivity contribution in [2.24, 2.45) is 5.73 Å². The molecule has 1 heterocycles. The molecule has 1 atom stereocenters. The third kappa shape index (κ3) is 6.24. The number of carbonyl (C=O) groups is 1. The summed E-state index contributed by atoms with van der Waals surface area (Å²) < 4.78 is 35.2. The van der Waals surface area contributed by atoms with Crippen LogP contribution < -0.4 is 16.8 Å². The number of aromatic nitrogens is 1. The molecular formula is C23H24ClF2N5O2. The van der Waals surface area contributed by atoms with Crippen molar-refractivity contribution in [2.45, 2.75) is 19.6 Å². The van der Waals surface area contributed by atoms with Crippen LogP contribution in [0.5, 0.6) is 0 Å². The van der Waals surface area contributed by atoms with Gasteiger partial charge in [0, 0.05) is 24.3 Å². The number of hydrogen-bond acceptors (Lipinski definition) is 5. The number of nitrogen functional groups attached to an aromatic ring is 2. The Labute approximate surface area is 196 Å². The number of amidine groups is 1. The molecule has 0 saturated carbocycles. The van der Waals surface area contributed by atoms with E-state index in [0.717, 1.165) is 17.7 Å². The van der Waals surface area contributed by atoms with E-state index in [2.05, 4.69) is 10.3 Å². The van der Waals surface area contributed by atoms with E-state index in [-0.39, 0.29) is 42.8 Å². The summed E-state index contributed by atoms with van der Waals surface area (Å²) in [5.74, 6) is -2.39. The Morgan fingerprint density at radius 3 is 2.33 bits per heavy atom. The van der Waals surface area contributed by atoms with E-state index in [1.807, 2.05) is 0 Å². The van der Waals surface area contributed by atoms with Crippen LogP contribution in [0.25, 0.3) is 11.3 Å². The Morgan fingerprint density at radius 1 is 1.15 bits per heavy atom. The van der Waals surface area contributed by atoms with Gasteiger partial charge in [-0.1, -0.05) is 30.3 Å². The van der Waals surface area contributed by atoms with Crippen LogP contribution in [0.15, 0.2) is 54.6 Å². The van der Waals surface area contributed by atoms with Gasteiger partial charge in [0.2, 0.25) is 0 Å². The van der Waals surface area contributed by atoms with Crippen molar-refractivity contribution in [3.63, 3.8) is 0 Å². The zero-order chi connectivity index (χ0) is 23.3. The fraction of sp³-hybridized carbons (Fsp3) is 0.174. The van der Waals surface area contributed by atoms with E-state index in [4.69, 9.17) is 21.6 Å². The van der Waals surface area contributed by atoms with Gasteiger partial charge < -0.3 is 21.5 Å². The molecule has 1 amide bonds. The van der Waals surface area contributed by atoms with Crippen LogP contribution in [0.2, 0.25) is 0 Å². The lowest BCUT2D eigenvalue weighted by Crippen LogP contribution is -2.31. The highest BCUT2D eigenvalue weighted by atomic mass is 35.5. The largest absolute Gasteiger partial charge is 0.384 e. The summed E-state index contributed by atoms with van der Waals surface area (Å²) in [6, 6.07) is 13.6. The average Bonchev–Trinajstić information content (AvgIpc) is 2.76. The normalized spacial score (nSPS) is 11.4. The molecule has 0 radical (unpaired) electrons. The molecule has 10 heteroatoms. The lowest BCUT2D eigenvalue weighted by molar-refractivity contribution is -0.133. The zero-order valence-corrected chi connectivity index (χ0v) is 18.6. The summed E-state index contributed by atoms with van der Waals surface area (Å²) in [5.41, 5.74) is 12.4. The van der Waals surface area contributed by atoms with Crippen molar-refractivity contribution in [3.05, 3.63) is 82.9 Å². The molecule has 174 valence electrons. The number of nitrogens with zero attached hydrogens (tertiary/aromatic N) is 1. The predicted octanol–water partition coefficient (Wildman–Crippen LogP) is 3.71. The number of carbonyl (C=O) groups excluding carboxylic acids is 1. The van der Waals surface area contributed by atoms with E-state index in [1.54, 1.807) is 49.4 Å². The molecule has 6 N–H and O–H groups in total. The van der Waals surface area contributed by atoms with Gasteiger partial charge in [-0.2, -0.15) is 0 Å². The molecule has 0 spiro atoms. The standard InChI is InChI=1S/C23H23F2N5O2.ClH/c1-2-32-21(23(31)29-12-13-6-8-14(9-7-13)22(27)28)20-16(24)10-15(11-17(20)25)18-4-3-5-19(26)30-18;/h3-11,21H,2,12H2,1H3,(H2,26,30)(H3,27,28)(H,29,31);1H/t21-;/m0./s1. The van der Waals surface area contributed by atoms with Crippen LogP contribution >= 0.6 is 12.4 Å². The number of benzene rings is 2. The molecule has 0 bridgehead atoms. The van der Waals surface area contributed by atoms with E-state index in [1.165, 1.54) is 0 Å². The quantitative estimate of drug-likeness (QED) is 0.292. The van der Waals surface area contributed by atoms with Gasteiger partial charge in [-0.3, -0.25) is 10.2 Å². The summed E-state index contributed by atoms with van der Waals surface area (Å²) in [7, 11) is 0. The van der Waals surface area contributed by atoms with Crippen molar-refractivity contribution in [2.75, 3.05) is 12.3 Å². The first-order valence-electron chi connectivity index (χ1n) is 9.84. The SMILES string of the molecule is CCO[C@H](C(=O)NCc1ccc(C(=N)N)cc1)c1c(F)cc(-c2cccc(N)n2)cc1F.Cl. The second kappa shape index (κ2) is 11.3. The molecule has 1 aromatic heterocycles. The molecular weight excluding hydrogens is 452 g/mol. The third-order valence-corrected chi connectivity index (χ3v) is 4.71. The molecule has 3 rings (SSSR count). The Morgan fingerprint density at radius 2 is 1.79 bits per heavy atom. The van der Waals surface area contributed by atoms with Crippen molar-refractivity contribution < 1.29 is 18.3 Å². The highest BCUT2D eigenvalue weighted by molar-refractivity contribution is 5.94. The summed E-state index contributed by atoms with van der Waals surface area (Å²) in [6.07, 6.45) is -1.47. The molecule has 7 nitrogen and oxygen atoms in total. The molecule has 0 unspecified atom stereocenters. The minimum absolute atomic E-state index is 0. The summed E-state index contributed by atoms with van der Waals surface area (Å²) in [6.45, 7) is 1.81. The number of nitrogens with two attached hydrogens (primary N) is 2. The van der Waals surface area contributed by atoms with Crippen LogP contribution in [0.3, 0.4) is 0 Å². The Kier molecular flexibility index (Phi) is 8.84. The molecule has 2 aromatic carbocycles. The summed E-state index contributed by atoms with van der Waals surface area (Å²) >= 11 is 0. The molecule has 3 aromatic rings. The Balaban J connectivity index is 0.00000385. The van der Waals surface area contributed by atoms with E-state index in [9.17, 15) is 13.6 Å². The fourth-order valence-electron chi connectivity index (χ4n) is 3.14. The average molecular weight is 476 g/mol. The van der Waals surface area contributed by atoms with Gasteiger partial charge in [0.25, 0.3) is 5.91 Å². The van der Waals surface area contributed by atoms with Gasteiger partial charge in [0.15, 0.2) is 6.10 Å². The third-order valence-electron chi connectivity index (χ3n) is 4.71. The van der Waals surface area contributed by atoms with Crippen molar-refractivity contribution >= 4 is 30.0 Å². The lowest BCUT2D eigenvalue weighted by atomic mass is 10.0. The predicted molar refractivity (Wildman–Crippen MR) is 125 cm³/mol. The number of amides is 1. The minimum Gasteiger partial charge on any atom is -0.384 e. The Bertz CT molecular complexity index is 1120. The second-order valence-electron chi connectivity index (χ2n) is 6.97. The lowest BCUT2D eigenvalue weighted by Gasteiger charge is -2.19. The zero-order valence-electron chi connectivity index (χ0n) is 17.8. The van der Waals surface area contributed by atoms with Gasteiger partial charge in [0.05, 0.1) is 11.3 Å². The van der Waals surface area contributed by atoms with Crippen LogP contribution in [-0.2, 0) is 16.1 Å². The first-order valence-corrected chi connectivity index (χ1v) is 9.84. The van der Waals surface area contributed by atoms with Crippen LogP contribution in [0, 0.1) is 17.0 Å². The van der Waals surface area contributed by atoms with E-state index in [0.29, 0.717) is 11.3 Å². The number of pyridine rings is 1. The van der Waals surface area contributed by atoms with Gasteiger partial charge >= 0.3 is 0 Å². The van der Waals surface area contributed by atoms with Crippen molar-refractivity contribution in [1.82, 2.24) is 10.3 Å². The number of anilines is 1. The Hall–Kier alpha value is -3.56. The molecule has 33 heavy (non-hydrogen) atoms. The number of halogens is 3. The number of rotatable bonds is 8. The summed E-state index contributed by atoms with van der Waals surface area (Å²) in [5, 5.41) is 10.0. The molecule has 0 fully saturated rings. The number of ether oxygens (including phenoxy) is 1. The summed E-state index contributed by atoms with van der Waals surface area (Å²) in [4.78, 5) is 16.8. The highest BCUT2D eigenvalue weighted by Gasteiger charge is 2.28. The molecule has 0 aliphatic rings. The number of hydrogen-bond donors (Lipinski definition) is 4. The van der Waals surface area contributed by atoms with Gasteiger partial charge in [0.1, 0.15) is 23.3 Å².